The maximum absolute atomic E-state index is 12.0. The Balaban J connectivity index is 1.95. The maximum atomic E-state index is 12.0. The lowest BCUT2D eigenvalue weighted by atomic mass is 10.2. The highest BCUT2D eigenvalue weighted by Crippen LogP contribution is 2.35. The van der Waals surface area contributed by atoms with Gasteiger partial charge in [0, 0.05) is 11.9 Å². The van der Waals surface area contributed by atoms with Gasteiger partial charge in [0.2, 0.25) is 0 Å². The van der Waals surface area contributed by atoms with Gasteiger partial charge in [-0.05, 0) is 31.2 Å². The van der Waals surface area contributed by atoms with Crippen molar-refractivity contribution in [2.75, 3.05) is 23.4 Å². The molecule has 0 saturated carbocycles. The van der Waals surface area contributed by atoms with E-state index >= 15 is 0 Å². The van der Waals surface area contributed by atoms with Crippen LogP contribution in [-0.4, -0.2) is 34.8 Å². The van der Waals surface area contributed by atoms with Crippen molar-refractivity contribution in [3.05, 3.63) is 48.9 Å². The Morgan fingerprint density at radius 3 is 3.00 bits per heavy atom. The highest BCUT2D eigenvalue weighted by atomic mass is 16.5. The molecule has 0 fully saturated rings. The molecule has 1 aromatic heterocycles. The molecule has 122 valence electrons. The lowest BCUT2D eigenvalue weighted by Crippen LogP contribution is -2.36. The van der Waals surface area contributed by atoms with E-state index in [1.807, 2.05) is 0 Å². The second kappa shape index (κ2) is 6.49. The van der Waals surface area contributed by atoms with Gasteiger partial charge in [0.1, 0.15) is 24.5 Å². The van der Waals surface area contributed by atoms with Crippen molar-refractivity contribution in [2.45, 2.75) is 6.92 Å². The maximum Gasteiger partial charge on any atom is 0.250 e. The summed E-state index contributed by atoms with van der Waals surface area (Å²) in [6, 6.07) is 5.35. The van der Waals surface area contributed by atoms with Crippen molar-refractivity contribution in [3.63, 3.8) is 0 Å². The van der Waals surface area contributed by atoms with Crippen LogP contribution >= 0.6 is 0 Å². The lowest BCUT2D eigenvalue weighted by molar-refractivity contribution is -0.114. The zero-order chi connectivity index (χ0) is 17.1. The van der Waals surface area contributed by atoms with Crippen LogP contribution in [0, 0.1) is 0 Å². The van der Waals surface area contributed by atoms with Gasteiger partial charge in [0.15, 0.2) is 5.78 Å². The molecule has 1 aromatic carbocycles. The zero-order valence-electron chi connectivity index (χ0n) is 13.2. The zero-order valence-corrected chi connectivity index (χ0v) is 13.2. The van der Waals surface area contributed by atoms with Crippen molar-refractivity contribution >= 4 is 28.9 Å². The highest BCUT2D eigenvalue weighted by molar-refractivity contribution is 6.03. The first-order valence-corrected chi connectivity index (χ1v) is 7.39. The molecule has 0 aliphatic carbocycles. The number of fused-ring (bicyclic) bond motifs is 1. The first kappa shape index (κ1) is 15.7. The fourth-order valence-electron chi connectivity index (χ4n) is 2.46. The average Bonchev–Trinajstić information content (AvgIpc) is 2.60. The van der Waals surface area contributed by atoms with Crippen molar-refractivity contribution in [1.82, 2.24) is 9.97 Å². The van der Waals surface area contributed by atoms with E-state index in [9.17, 15) is 9.59 Å². The van der Waals surface area contributed by atoms with E-state index in [-0.39, 0.29) is 11.7 Å². The van der Waals surface area contributed by atoms with Crippen LogP contribution in [0.25, 0.3) is 0 Å². The summed E-state index contributed by atoms with van der Waals surface area (Å²) in [6.45, 7) is 5.86. The van der Waals surface area contributed by atoms with Gasteiger partial charge in [0.25, 0.3) is 5.91 Å². The number of ether oxygens (including phenoxy) is 1. The monoisotopic (exact) mass is 324 g/mol. The Labute approximate surface area is 139 Å². The second-order valence-corrected chi connectivity index (χ2v) is 5.19. The molecule has 7 nitrogen and oxygen atoms in total. The summed E-state index contributed by atoms with van der Waals surface area (Å²) < 4.78 is 5.58. The topological polar surface area (TPSA) is 84.4 Å². The predicted molar refractivity (Wildman–Crippen MR) is 89.8 cm³/mol. The SMILES string of the molecule is C=CC(=O)N1CCOc2ccc(Nc3ncncc3C(C)=O)cc21. The van der Waals surface area contributed by atoms with E-state index in [0.29, 0.717) is 41.7 Å². The van der Waals surface area contributed by atoms with Crippen LogP contribution in [0.2, 0.25) is 0 Å². The van der Waals surface area contributed by atoms with Crippen molar-refractivity contribution < 1.29 is 14.3 Å². The Hall–Kier alpha value is -3.22. The molecule has 1 N–H and O–H groups in total. The first-order valence-electron chi connectivity index (χ1n) is 7.39. The molecule has 7 heteroatoms. The normalized spacial score (nSPS) is 12.8. The standard InChI is InChI=1S/C17H16N4O3/c1-3-16(23)21-6-7-24-15-5-4-12(8-14(15)21)20-17-13(11(2)22)9-18-10-19-17/h3-5,8-10H,1,6-7H2,2H3,(H,18,19,20). The third-order valence-electron chi connectivity index (χ3n) is 3.62. The fraction of sp³-hybridized carbons (Fsp3) is 0.176. The Morgan fingerprint density at radius 2 is 2.25 bits per heavy atom. The van der Waals surface area contributed by atoms with E-state index in [1.165, 1.54) is 25.5 Å². The van der Waals surface area contributed by atoms with Gasteiger partial charge >= 0.3 is 0 Å². The molecule has 2 heterocycles. The molecule has 0 saturated heterocycles. The number of ketones is 1. The fourth-order valence-corrected chi connectivity index (χ4v) is 2.46. The van der Waals surface area contributed by atoms with Gasteiger partial charge < -0.3 is 15.0 Å². The Bertz CT molecular complexity index is 819. The number of nitrogens with one attached hydrogen (secondary N) is 1. The predicted octanol–water partition coefficient (Wildman–Crippen LogP) is 2.33. The summed E-state index contributed by atoms with van der Waals surface area (Å²) in [7, 11) is 0. The molecule has 3 rings (SSSR count). The molecule has 1 aliphatic rings. The first-order chi connectivity index (χ1) is 11.6. The van der Waals surface area contributed by atoms with Crippen LogP contribution in [-0.2, 0) is 4.79 Å². The number of carbonyl (C=O) groups excluding carboxylic acids is 2. The molecule has 1 amide bonds. The summed E-state index contributed by atoms with van der Waals surface area (Å²) in [5, 5.41) is 3.09. The third-order valence-corrected chi connectivity index (χ3v) is 3.62. The number of hydrogen-bond acceptors (Lipinski definition) is 6. The number of nitrogens with zero attached hydrogens (tertiary/aromatic N) is 3. The molecule has 0 atom stereocenters. The number of anilines is 3. The molecule has 24 heavy (non-hydrogen) atoms. The minimum absolute atomic E-state index is 0.136. The van der Waals surface area contributed by atoms with Crippen molar-refractivity contribution in [1.29, 1.82) is 0 Å². The van der Waals surface area contributed by atoms with E-state index in [0.717, 1.165) is 0 Å². The van der Waals surface area contributed by atoms with Crippen molar-refractivity contribution in [3.8, 4) is 5.75 Å². The van der Waals surface area contributed by atoms with Gasteiger partial charge in [-0.3, -0.25) is 9.59 Å². The number of amides is 1. The Morgan fingerprint density at radius 1 is 1.42 bits per heavy atom. The molecule has 2 aromatic rings. The van der Waals surface area contributed by atoms with Crippen LogP contribution < -0.4 is 15.0 Å². The van der Waals surface area contributed by atoms with Crippen molar-refractivity contribution in [2.24, 2.45) is 0 Å². The molecular weight excluding hydrogens is 308 g/mol. The lowest BCUT2D eigenvalue weighted by Gasteiger charge is -2.29. The quantitative estimate of drug-likeness (QED) is 0.686. The average molecular weight is 324 g/mol. The number of benzene rings is 1. The number of rotatable bonds is 4. The van der Waals surface area contributed by atoms with Gasteiger partial charge in [-0.15, -0.1) is 0 Å². The minimum atomic E-state index is -0.192. The summed E-state index contributed by atoms with van der Waals surface area (Å²) in [4.78, 5) is 33.3. The van der Waals surface area contributed by atoms with Gasteiger partial charge in [-0.25, -0.2) is 9.97 Å². The summed E-state index contributed by atoms with van der Waals surface area (Å²) in [5.41, 5.74) is 1.72. The molecule has 0 spiro atoms. The van der Waals surface area contributed by atoms with Crippen LogP contribution in [0.4, 0.5) is 17.2 Å². The van der Waals surface area contributed by atoms with Gasteiger partial charge in [0.05, 0.1) is 17.8 Å². The number of carbonyl (C=O) groups is 2. The summed E-state index contributed by atoms with van der Waals surface area (Å²) in [6.07, 6.45) is 4.10. The van der Waals surface area contributed by atoms with E-state index in [1.54, 1.807) is 23.1 Å². The van der Waals surface area contributed by atoms with Gasteiger partial charge in [-0.2, -0.15) is 0 Å². The highest BCUT2D eigenvalue weighted by Gasteiger charge is 2.22. The van der Waals surface area contributed by atoms with E-state index in [4.69, 9.17) is 4.74 Å². The number of Topliss-reactive ketones (excluding diaryl/α,β-unsaturated/α-hetero) is 1. The largest absolute Gasteiger partial charge is 0.490 e. The van der Waals surface area contributed by atoms with Crippen LogP contribution in [0.5, 0.6) is 5.75 Å². The summed E-state index contributed by atoms with van der Waals surface area (Å²) in [5.74, 6) is 0.707. The smallest absolute Gasteiger partial charge is 0.250 e. The van der Waals surface area contributed by atoms with Crippen LogP contribution in [0.15, 0.2) is 43.4 Å². The van der Waals surface area contributed by atoms with Gasteiger partial charge in [-0.1, -0.05) is 6.58 Å². The number of aromatic nitrogens is 2. The molecule has 0 bridgehead atoms. The molecule has 0 radical (unpaired) electrons. The van der Waals surface area contributed by atoms with E-state index < -0.39 is 0 Å². The third kappa shape index (κ3) is 2.96. The number of hydrogen-bond donors (Lipinski definition) is 1. The van der Waals surface area contributed by atoms with Crippen LogP contribution in [0.1, 0.15) is 17.3 Å². The summed E-state index contributed by atoms with van der Waals surface area (Å²) >= 11 is 0. The van der Waals surface area contributed by atoms with E-state index in [2.05, 4.69) is 21.9 Å². The Kier molecular flexibility index (Phi) is 4.24. The van der Waals surface area contributed by atoms with Crippen LogP contribution in [0.3, 0.4) is 0 Å². The molecule has 0 unspecified atom stereocenters. The molecule has 1 aliphatic heterocycles. The minimum Gasteiger partial charge on any atom is -0.490 e. The molecular formula is C17H16N4O3. The second-order valence-electron chi connectivity index (χ2n) is 5.19.